The third kappa shape index (κ3) is 1.79. The predicted molar refractivity (Wildman–Crippen MR) is 49.7 cm³/mol. The van der Waals surface area contributed by atoms with Crippen LogP contribution < -0.4 is 5.73 Å². The number of nitrogens with zero attached hydrogens (tertiary/aromatic N) is 1. The number of rotatable bonds is 2. The first-order valence-corrected chi connectivity index (χ1v) is 4.41. The van der Waals surface area contributed by atoms with Crippen LogP contribution >= 0.6 is 0 Å². The van der Waals surface area contributed by atoms with E-state index in [0.29, 0.717) is 12.1 Å². The number of benzene rings is 1. The molecule has 2 N–H and O–H groups in total. The highest BCUT2D eigenvalue weighted by atomic mass is 19.1. The smallest absolute Gasteiger partial charge is 0.208 e. The number of hydrogen-bond acceptors (Lipinski definition) is 3. The maximum absolute atomic E-state index is 13.3. The van der Waals surface area contributed by atoms with Crippen LogP contribution in [0.5, 0.6) is 0 Å². The Morgan fingerprint density at radius 3 is 2.31 bits per heavy atom. The van der Waals surface area contributed by atoms with Gasteiger partial charge in [0.15, 0.2) is 5.76 Å². The maximum atomic E-state index is 13.3. The molecule has 2 aromatic rings. The molecule has 0 unspecified atom stereocenters. The minimum Gasteiger partial charge on any atom is -0.439 e. The molecule has 0 radical (unpaired) electrons. The fourth-order valence-corrected chi connectivity index (χ4v) is 1.30. The molecule has 0 aliphatic heterocycles. The Kier molecular flexibility index (Phi) is 2.66. The molecule has 0 bridgehead atoms. The number of oxazole rings is 1. The van der Waals surface area contributed by atoms with Crippen molar-refractivity contribution in [2.24, 2.45) is 5.73 Å². The summed E-state index contributed by atoms with van der Waals surface area (Å²) in [6.45, 7) is 0.0183. The fraction of sp³-hybridized carbons (Fsp3) is 0.100. The van der Waals surface area contributed by atoms with E-state index in [1.165, 1.54) is 0 Å². The lowest BCUT2D eigenvalue weighted by Gasteiger charge is -2.01. The van der Waals surface area contributed by atoms with E-state index in [1.807, 2.05) is 0 Å². The Morgan fingerprint density at radius 1 is 1.19 bits per heavy atom. The Hall–Kier alpha value is -1.82. The summed E-state index contributed by atoms with van der Waals surface area (Å²) in [6.07, 6.45) is 1.14. The second-order valence-corrected chi connectivity index (χ2v) is 3.07. The van der Waals surface area contributed by atoms with Crippen molar-refractivity contribution in [3.63, 3.8) is 0 Å². The molecular formula is C10H7F3N2O. The van der Waals surface area contributed by atoms with E-state index < -0.39 is 23.0 Å². The van der Waals surface area contributed by atoms with Gasteiger partial charge in [-0.2, -0.15) is 0 Å². The van der Waals surface area contributed by atoms with Crippen LogP contribution in [0.4, 0.5) is 13.2 Å². The summed E-state index contributed by atoms with van der Waals surface area (Å²) in [7, 11) is 0. The molecule has 3 nitrogen and oxygen atoms in total. The number of nitrogens with two attached hydrogens (primary N) is 1. The summed E-state index contributed by atoms with van der Waals surface area (Å²) in [5.74, 6) is -3.04. The molecule has 1 aromatic carbocycles. The van der Waals surface area contributed by atoms with Gasteiger partial charge in [-0.05, 0) is 0 Å². The first kappa shape index (κ1) is 10.7. The molecule has 0 saturated heterocycles. The Labute approximate surface area is 88.7 Å². The molecule has 0 aliphatic rings. The zero-order valence-corrected chi connectivity index (χ0v) is 8.01. The van der Waals surface area contributed by atoms with Gasteiger partial charge in [0.05, 0.1) is 18.3 Å². The first-order chi connectivity index (χ1) is 7.61. The quantitative estimate of drug-likeness (QED) is 0.857. The molecular weight excluding hydrogens is 221 g/mol. The van der Waals surface area contributed by atoms with Crippen LogP contribution in [0.15, 0.2) is 22.7 Å². The summed E-state index contributed by atoms with van der Waals surface area (Å²) in [5.41, 5.74) is 4.79. The molecule has 0 saturated carbocycles. The van der Waals surface area contributed by atoms with Gasteiger partial charge in [0, 0.05) is 12.1 Å². The van der Waals surface area contributed by atoms with Crippen molar-refractivity contribution in [1.29, 1.82) is 0 Å². The second kappa shape index (κ2) is 3.97. The summed E-state index contributed by atoms with van der Waals surface area (Å²) < 4.78 is 44.3. The third-order valence-electron chi connectivity index (χ3n) is 1.98. The minimum atomic E-state index is -1.04. The van der Waals surface area contributed by atoms with Gasteiger partial charge >= 0.3 is 0 Å². The molecule has 0 atom stereocenters. The average Bonchev–Trinajstić information content (AvgIpc) is 2.64. The van der Waals surface area contributed by atoms with Gasteiger partial charge in [-0.15, -0.1) is 0 Å². The molecule has 2 rings (SSSR count). The van der Waals surface area contributed by atoms with Crippen LogP contribution in [0.2, 0.25) is 0 Å². The molecule has 0 fully saturated rings. The summed E-state index contributed by atoms with van der Waals surface area (Å²) >= 11 is 0. The van der Waals surface area contributed by atoms with E-state index in [4.69, 9.17) is 10.2 Å². The Balaban J connectivity index is 2.55. The highest BCUT2D eigenvalue weighted by Crippen LogP contribution is 2.27. The van der Waals surface area contributed by atoms with Crippen molar-refractivity contribution in [3.8, 4) is 11.3 Å². The second-order valence-electron chi connectivity index (χ2n) is 3.07. The molecule has 0 aliphatic carbocycles. The minimum absolute atomic E-state index is 0.0183. The van der Waals surface area contributed by atoms with Crippen LogP contribution in [0.1, 0.15) is 5.89 Å². The van der Waals surface area contributed by atoms with Crippen molar-refractivity contribution in [3.05, 3.63) is 41.7 Å². The zero-order valence-electron chi connectivity index (χ0n) is 8.01. The third-order valence-corrected chi connectivity index (χ3v) is 1.98. The van der Waals surface area contributed by atoms with Crippen LogP contribution in [0, 0.1) is 17.5 Å². The summed E-state index contributed by atoms with van der Waals surface area (Å²) in [4.78, 5) is 3.70. The first-order valence-electron chi connectivity index (χ1n) is 4.41. The van der Waals surface area contributed by atoms with Gasteiger partial charge in [0.1, 0.15) is 17.5 Å². The van der Waals surface area contributed by atoms with Crippen molar-refractivity contribution in [1.82, 2.24) is 4.98 Å². The van der Waals surface area contributed by atoms with Crippen molar-refractivity contribution in [2.75, 3.05) is 0 Å². The molecule has 1 aromatic heterocycles. The highest BCUT2D eigenvalue weighted by molar-refractivity contribution is 5.58. The van der Waals surface area contributed by atoms with Crippen molar-refractivity contribution in [2.45, 2.75) is 6.54 Å². The van der Waals surface area contributed by atoms with E-state index in [2.05, 4.69) is 4.98 Å². The topological polar surface area (TPSA) is 52.0 Å². The molecule has 16 heavy (non-hydrogen) atoms. The Morgan fingerprint density at radius 2 is 1.81 bits per heavy atom. The van der Waals surface area contributed by atoms with Crippen LogP contribution in [-0.4, -0.2) is 4.98 Å². The van der Waals surface area contributed by atoms with Gasteiger partial charge in [0.25, 0.3) is 0 Å². The lowest BCUT2D eigenvalue weighted by atomic mass is 10.1. The molecule has 0 amide bonds. The lowest BCUT2D eigenvalue weighted by Crippen LogP contribution is -1.95. The van der Waals surface area contributed by atoms with Crippen LogP contribution in [0.25, 0.3) is 11.3 Å². The van der Waals surface area contributed by atoms with Crippen LogP contribution in [-0.2, 0) is 6.54 Å². The van der Waals surface area contributed by atoms with Gasteiger partial charge in [-0.1, -0.05) is 0 Å². The van der Waals surface area contributed by atoms with Crippen molar-refractivity contribution >= 4 is 0 Å². The van der Waals surface area contributed by atoms with E-state index >= 15 is 0 Å². The summed E-state index contributed by atoms with van der Waals surface area (Å²) in [5, 5.41) is 0. The van der Waals surface area contributed by atoms with Gasteiger partial charge in [-0.25, -0.2) is 18.2 Å². The predicted octanol–water partition coefficient (Wildman–Crippen LogP) is 2.22. The van der Waals surface area contributed by atoms with Gasteiger partial charge in [0.2, 0.25) is 5.89 Å². The van der Waals surface area contributed by atoms with Crippen molar-refractivity contribution < 1.29 is 17.6 Å². The molecule has 1 heterocycles. The molecule has 6 heteroatoms. The number of aromatic nitrogens is 1. The van der Waals surface area contributed by atoms with E-state index in [-0.39, 0.29) is 18.2 Å². The van der Waals surface area contributed by atoms with E-state index in [9.17, 15) is 13.2 Å². The SMILES string of the molecule is NCc1ncc(-c2c(F)cc(F)cc2F)o1. The standard InChI is InChI=1S/C10H7F3N2O/c11-5-1-6(12)10(7(13)2-5)8-4-15-9(3-14)16-8/h1-2,4H,3,14H2. The lowest BCUT2D eigenvalue weighted by molar-refractivity contribution is 0.494. The fourth-order valence-electron chi connectivity index (χ4n) is 1.30. The maximum Gasteiger partial charge on any atom is 0.208 e. The Bertz CT molecular complexity index is 502. The normalized spacial score (nSPS) is 10.8. The average molecular weight is 228 g/mol. The van der Waals surface area contributed by atoms with Gasteiger partial charge < -0.3 is 10.2 Å². The largest absolute Gasteiger partial charge is 0.439 e. The number of halogens is 3. The highest BCUT2D eigenvalue weighted by Gasteiger charge is 2.17. The van der Waals surface area contributed by atoms with E-state index in [1.54, 1.807) is 0 Å². The number of hydrogen-bond donors (Lipinski definition) is 1. The van der Waals surface area contributed by atoms with E-state index in [0.717, 1.165) is 6.20 Å². The van der Waals surface area contributed by atoms with Gasteiger partial charge in [-0.3, -0.25) is 0 Å². The molecule has 84 valence electrons. The monoisotopic (exact) mass is 228 g/mol. The summed E-state index contributed by atoms with van der Waals surface area (Å²) in [6, 6.07) is 1.14. The molecule has 0 spiro atoms. The van der Waals surface area contributed by atoms with Crippen LogP contribution in [0.3, 0.4) is 0 Å². The zero-order chi connectivity index (χ0) is 11.7.